The predicted molar refractivity (Wildman–Crippen MR) is 60.0 cm³/mol. The van der Waals surface area contributed by atoms with Crippen LogP contribution in [0.4, 0.5) is 6.01 Å². The van der Waals surface area contributed by atoms with Crippen molar-refractivity contribution < 1.29 is 4.52 Å². The van der Waals surface area contributed by atoms with Crippen molar-refractivity contribution >= 4 is 6.01 Å². The van der Waals surface area contributed by atoms with E-state index in [-0.39, 0.29) is 0 Å². The van der Waals surface area contributed by atoms with E-state index in [0.717, 1.165) is 19.0 Å². The topological polar surface area (TPSA) is 68.2 Å². The van der Waals surface area contributed by atoms with Crippen molar-refractivity contribution in [2.24, 2.45) is 23.5 Å². The van der Waals surface area contributed by atoms with Gasteiger partial charge in [0.25, 0.3) is 0 Å². The molecule has 1 aliphatic carbocycles. The van der Waals surface area contributed by atoms with Gasteiger partial charge in [-0.25, -0.2) is 0 Å². The van der Waals surface area contributed by atoms with Crippen LogP contribution in [0, 0.1) is 24.7 Å². The molecule has 2 N–H and O–H groups in total. The Morgan fingerprint density at radius 1 is 1.44 bits per heavy atom. The van der Waals surface area contributed by atoms with Gasteiger partial charge >= 0.3 is 6.01 Å². The Balaban J connectivity index is 1.74. The molecule has 2 aliphatic rings. The minimum absolute atomic E-state index is 0.365. The van der Waals surface area contributed by atoms with E-state index in [9.17, 15) is 0 Å². The van der Waals surface area contributed by atoms with Crippen LogP contribution in [-0.4, -0.2) is 29.3 Å². The molecular formula is C11H18N4O. The molecule has 1 saturated heterocycles. The molecular weight excluding hydrogens is 204 g/mol. The smallest absolute Gasteiger partial charge is 0.324 e. The van der Waals surface area contributed by atoms with Crippen LogP contribution in [0.3, 0.4) is 0 Å². The van der Waals surface area contributed by atoms with Crippen LogP contribution in [0.5, 0.6) is 0 Å². The maximum Gasteiger partial charge on any atom is 0.324 e. The van der Waals surface area contributed by atoms with Crippen molar-refractivity contribution in [2.45, 2.75) is 26.3 Å². The second kappa shape index (κ2) is 3.45. The second-order valence-electron chi connectivity index (χ2n) is 5.01. The fourth-order valence-corrected chi connectivity index (χ4v) is 3.32. The summed E-state index contributed by atoms with van der Waals surface area (Å²) in [5, 5.41) is 3.83. The van der Waals surface area contributed by atoms with Gasteiger partial charge in [0.15, 0.2) is 5.82 Å². The molecule has 0 bridgehead atoms. The first kappa shape index (κ1) is 10.1. The minimum Gasteiger partial charge on any atom is -0.327 e. The maximum atomic E-state index is 6.17. The quantitative estimate of drug-likeness (QED) is 0.801. The SMILES string of the molecule is CCC1C2CN(c3nc(C)no3)C[C@H]2[C@@H]1N. The molecule has 2 heterocycles. The molecule has 5 nitrogen and oxygen atoms in total. The zero-order valence-corrected chi connectivity index (χ0v) is 9.76. The summed E-state index contributed by atoms with van der Waals surface area (Å²) in [6, 6.07) is 1.03. The first-order valence-electron chi connectivity index (χ1n) is 6.01. The number of nitrogens with two attached hydrogens (primary N) is 1. The fourth-order valence-electron chi connectivity index (χ4n) is 3.32. The molecule has 1 aliphatic heterocycles. The number of anilines is 1. The Morgan fingerprint density at radius 3 is 2.81 bits per heavy atom. The van der Waals surface area contributed by atoms with Crippen LogP contribution in [-0.2, 0) is 0 Å². The Hall–Kier alpha value is -1.10. The van der Waals surface area contributed by atoms with Gasteiger partial charge in [0, 0.05) is 19.1 Å². The highest BCUT2D eigenvalue weighted by molar-refractivity contribution is 5.31. The van der Waals surface area contributed by atoms with E-state index in [2.05, 4.69) is 22.0 Å². The monoisotopic (exact) mass is 222 g/mol. The third-order valence-corrected chi connectivity index (χ3v) is 4.21. The molecule has 16 heavy (non-hydrogen) atoms. The number of aryl methyl sites for hydroxylation is 1. The number of nitrogens with zero attached hydrogens (tertiary/aromatic N) is 3. The molecule has 2 fully saturated rings. The summed E-state index contributed by atoms with van der Waals surface area (Å²) in [7, 11) is 0. The summed E-state index contributed by atoms with van der Waals surface area (Å²) in [5.74, 6) is 2.73. The summed E-state index contributed by atoms with van der Waals surface area (Å²) in [4.78, 5) is 6.46. The summed E-state index contributed by atoms with van der Waals surface area (Å²) in [5.41, 5.74) is 6.17. The highest BCUT2D eigenvalue weighted by Gasteiger charge is 2.52. The van der Waals surface area contributed by atoms with Gasteiger partial charge < -0.3 is 15.2 Å². The molecule has 1 saturated carbocycles. The Kier molecular flexibility index (Phi) is 2.17. The average Bonchev–Trinajstić information content (AvgIpc) is 2.83. The van der Waals surface area contributed by atoms with Crippen molar-refractivity contribution in [3.8, 4) is 0 Å². The number of fused-ring (bicyclic) bond motifs is 1. The number of rotatable bonds is 2. The molecule has 4 atom stereocenters. The first-order valence-corrected chi connectivity index (χ1v) is 6.01. The average molecular weight is 222 g/mol. The van der Waals surface area contributed by atoms with Crippen molar-refractivity contribution in [3.63, 3.8) is 0 Å². The van der Waals surface area contributed by atoms with Gasteiger partial charge in [0.1, 0.15) is 0 Å². The summed E-state index contributed by atoms with van der Waals surface area (Å²) in [6.07, 6.45) is 1.18. The van der Waals surface area contributed by atoms with Gasteiger partial charge in [-0.1, -0.05) is 18.5 Å². The maximum absolute atomic E-state index is 6.17. The zero-order chi connectivity index (χ0) is 11.3. The van der Waals surface area contributed by atoms with Crippen molar-refractivity contribution in [1.82, 2.24) is 10.1 Å². The fraction of sp³-hybridized carbons (Fsp3) is 0.818. The minimum atomic E-state index is 0.365. The van der Waals surface area contributed by atoms with Gasteiger partial charge in [0.2, 0.25) is 0 Å². The van der Waals surface area contributed by atoms with Gasteiger partial charge in [-0.2, -0.15) is 4.98 Å². The van der Waals surface area contributed by atoms with Crippen LogP contribution in [0.1, 0.15) is 19.2 Å². The summed E-state index contributed by atoms with van der Waals surface area (Å²) in [6.45, 7) is 6.07. The zero-order valence-electron chi connectivity index (χ0n) is 9.76. The van der Waals surface area contributed by atoms with Crippen molar-refractivity contribution in [1.29, 1.82) is 0 Å². The highest BCUT2D eigenvalue weighted by Crippen LogP contribution is 2.47. The lowest BCUT2D eigenvalue weighted by Gasteiger charge is -2.45. The van der Waals surface area contributed by atoms with Crippen LogP contribution in [0.25, 0.3) is 0 Å². The lowest BCUT2D eigenvalue weighted by atomic mass is 9.62. The molecule has 1 aromatic rings. The Morgan fingerprint density at radius 2 is 2.19 bits per heavy atom. The van der Waals surface area contributed by atoms with Crippen molar-refractivity contribution in [3.05, 3.63) is 5.82 Å². The molecule has 2 unspecified atom stereocenters. The third kappa shape index (κ3) is 1.27. The second-order valence-corrected chi connectivity index (χ2v) is 5.01. The third-order valence-electron chi connectivity index (χ3n) is 4.21. The van der Waals surface area contributed by atoms with Crippen LogP contribution >= 0.6 is 0 Å². The standard InChI is InChI=1S/C11H18N4O/c1-3-7-8-4-15(5-9(8)10(7)12)11-13-6(2)14-16-11/h7-10H,3-5,12H2,1-2H3/t7?,8?,9-,10-/m1/s1. The van der Waals surface area contributed by atoms with Crippen LogP contribution in [0.15, 0.2) is 4.52 Å². The van der Waals surface area contributed by atoms with E-state index in [1.54, 1.807) is 0 Å². The largest absolute Gasteiger partial charge is 0.327 e. The summed E-state index contributed by atoms with van der Waals surface area (Å²) >= 11 is 0. The molecule has 0 spiro atoms. The summed E-state index contributed by atoms with van der Waals surface area (Å²) < 4.78 is 5.20. The van der Waals surface area contributed by atoms with Gasteiger partial charge in [-0.3, -0.25) is 0 Å². The van der Waals surface area contributed by atoms with Crippen LogP contribution in [0.2, 0.25) is 0 Å². The predicted octanol–water partition coefficient (Wildman–Crippen LogP) is 0.798. The highest BCUT2D eigenvalue weighted by atomic mass is 16.5. The van der Waals surface area contributed by atoms with Crippen LogP contribution < -0.4 is 10.6 Å². The molecule has 3 rings (SSSR count). The van der Waals surface area contributed by atoms with E-state index in [0.29, 0.717) is 29.7 Å². The Bertz CT molecular complexity index is 391. The molecule has 0 radical (unpaired) electrons. The molecule has 88 valence electrons. The normalized spacial score (nSPS) is 37.3. The van der Waals surface area contributed by atoms with E-state index in [1.807, 2.05) is 6.92 Å². The molecule has 0 aromatic carbocycles. The van der Waals surface area contributed by atoms with Gasteiger partial charge in [-0.15, -0.1) is 0 Å². The van der Waals surface area contributed by atoms with Crippen molar-refractivity contribution in [2.75, 3.05) is 18.0 Å². The molecule has 5 heteroatoms. The lowest BCUT2D eigenvalue weighted by Crippen LogP contribution is -2.55. The number of aromatic nitrogens is 2. The number of hydrogen-bond acceptors (Lipinski definition) is 5. The van der Waals surface area contributed by atoms with E-state index >= 15 is 0 Å². The molecule has 0 amide bonds. The molecule has 1 aromatic heterocycles. The van der Waals surface area contributed by atoms with E-state index in [4.69, 9.17) is 10.3 Å². The number of hydrogen-bond donors (Lipinski definition) is 1. The van der Waals surface area contributed by atoms with Gasteiger partial charge in [-0.05, 0) is 24.7 Å². The lowest BCUT2D eigenvalue weighted by molar-refractivity contribution is 0.0781. The van der Waals surface area contributed by atoms with E-state index < -0.39 is 0 Å². The van der Waals surface area contributed by atoms with E-state index in [1.165, 1.54) is 6.42 Å². The first-order chi connectivity index (χ1) is 7.70. The van der Waals surface area contributed by atoms with Gasteiger partial charge in [0.05, 0.1) is 0 Å². The Labute approximate surface area is 95.0 Å².